The number of carbonyl (C=O) groups is 1. The zero-order chi connectivity index (χ0) is 17.2. The normalized spacial score (nSPS) is 20.1. The second-order valence-corrected chi connectivity index (χ2v) is 7.11. The van der Waals surface area contributed by atoms with Crippen molar-refractivity contribution in [2.75, 3.05) is 26.8 Å². The molecule has 1 fully saturated rings. The minimum absolute atomic E-state index is 0.149. The number of hydrogen-bond donors (Lipinski definition) is 1. The number of nitrogens with zero attached hydrogens (tertiary/aromatic N) is 2. The lowest BCUT2D eigenvalue weighted by molar-refractivity contribution is -0.128. The molecule has 1 atom stereocenters. The predicted octanol–water partition coefficient (Wildman–Crippen LogP) is 2.92. The fourth-order valence-corrected chi connectivity index (χ4v) is 3.96. The topological polar surface area (TPSA) is 58.2 Å². The smallest absolute Gasteiger partial charge is 0.223 e. The van der Waals surface area contributed by atoms with Crippen LogP contribution in [0.5, 0.6) is 0 Å². The molecule has 1 N–H and O–H groups in total. The monoisotopic (exact) mass is 339 g/mol. The van der Waals surface area contributed by atoms with Gasteiger partial charge < -0.3 is 14.6 Å². The highest BCUT2D eigenvalue weighted by Gasteiger charge is 2.32. The Balaban J connectivity index is 1.50. The summed E-state index contributed by atoms with van der Waals surface area (Å²) in [6.07, 6.45) is 7.39. The first-order valence-corrected chi connectivity index (χ1v) is 9.18. The van der Waals surface area contributed by atoms with Gasteiger partial charge in [0.1, 0.15) is 5.82 Å². The van der Waals surface area contributed by atoms with Gasteiger partial charge in [0.15, 0.2) is 0 Å². The molecule has 2 heterocycles. The van der Waals surface area contributed by atoms with Gasteiger partial charge in [-0.3, -0.25) is 4.79 Å². The molecule has 5 nitrogen and oxygen atoms in total. The Labute approximate surface area is 148 Å². The van der Waals surface area contributed by atoms with E-state index in [0.717, 1.165) is 18.1 Å². The van der Waals surface area contributed by atoms with Crippen molar-refractivity contribution in [2.45, 2.75) is 38.0 Å². The molecule has 1 aliphatic heterocycles. The van der Waals surface area contributed by atoms with Crippen molar-refractivity contribution < 1.29 is 9.53 Å². The van der Waals surface area contributed by atoms with Gasteiger partial charge in [-0.1, -0.05) is 12.1 Å². The van der Waals surface area contributed by atoms with Crippen LogP contribution in [0.1, 0.15) is 42.1 Å². The van der Waals surface area contributed by atoms with E-state index in [1.54, 1.807) is 7.11 Å². The van der Waals surface area contributed by atoms with E-state index in [2.05, 4.69) is 28.2 Å². The molecule has 1 aromatic carbocycles. The number of aromatic amines is 1. The van der Waals surface area contributed by atoms with Gasteiger partial charge in [0.25, 0.3) is 0 Å². The largest absolute Gasteiger partial charge is 0.383 e. The highest BCUT2D eigenvalue weighted by Crippen LogP contribution is 2.30. The maximum absolute atomic E-state index is 12.1. The lowest BCUT2D eigenvalue weighted by Crippen LogP contribution is -2.28. The van der Waals surface area contributed by atoms with Gasteiger partial charge in [-0.15, -0.1) is 0 Å². The fraction of sp³-hybridized carbons (Fsp3) is 0.500. The summed E-state index contributed by atoms with van der Waals surface area (Å²) in [6.45, 7) is 1.96. The van der Waals surface area contributed by atoms with E-state index in [1.807, 2.05) is 11.1 Å². The molecule has 0 radical (unpaired) electrons. The summed E-state index contributed by atoms with van der Waals surface area (Å²) in [5.74, 6) is 1.26. The molecular weight excluding hydrogens is 314 g/mol. The molecule has 25 heavy (non-hydrogen) atoms. The summed E-state index contributed by atoms with van der Waals surface area (Å²) >= 11 is 0. The molecule has 1 amide bonds. The summed E-state index contributed by atoms with van der Waals surface area (Å²) < 4.78 is 5.08. The molecule has 0 saturated carbocycles. The molecular formula is C20H25N3O2. The van der Waals surface area contributed by atoms with Gasteiger partial charge in [-0.25, -0.2) is 4.98 Å². The van der Waals surface area contributed by atoms with Crippen LogP contribution in [0.25, 0.3) is 11.3 Å². The number of aromatic nitrogens is 2. The standard InChI is InChI=1S/C20H25N3O2/c1-25-9-8-23-13-17(11-19(23)24)20-21-12-18(22-20)16-7-6-14-4-2-3-5-15(14)10-16/h6-7,10,12,17H,2-5,8-9,11,13H2,1H3,(H,21,22)/t17-/m0/s1. The Morgan fingerprint density at radius 1 is 1.28 bits per heavy atom. The number of H-pyrrole nitrogens is 1. The number of imidazole rings is 1. The van der Waals surface area contributed by atoms with Gasteiger partial charge in [0.2, 0.25) is 5.91 Å². The van der Waals surface area contributed by atoms with Gasteiger partial charge in [-0.05, 0) is 48.4 Å². The molecule has 1 aromatic heterocycles. The Morgan fingerprint density at radius 3 is 2.96 bits per heavy atom. The van der Waals surface area contributed by atoms with Crippen molar-refractivity contribution in [2.24, 2.45) is 0 Å². The number of hydrogen-bond acceptors (Lipinski definition) is 3. The van der Waals surface area contributed by atoms with E-state index in [1.165, 1.54) is 42.4 Å². The van der Waals surface area contributed by atoms with Crippen molar-refractivity contribution in [3.8, 4) is 11.3 Å². The number of methoxy groups -OCH3 is 1. The number of carbonyl (C=O) groups excluding carboxylic acids is 1. The quantitative estimate of drug-likeness (QED) is 0.911. The maximum Gasteiger partial charge on any atom is 0.223 e. The molecule has 1 saturated heterocycles. The number of amides is 1. The first-order valence-electron chi connectivity index (χ1n) is 9.18. The van der Waals surface area contributed by atoms with Crippen molar-refractivity contribution in [1.29, 1.82) is 0 Å². The van der Waals surface area contributed by atoms with Gasteiger partial charge in [0, 0.05) is 32.5 Å². The SMILES string of the molecule is COCCN1C[C@@H](c2ncc(-c3ccc4c(c3)CCCC4)[nH]2)CC1=O. The third-order valence-corrected chi connectivity index (χ3v) is 5.42. The number of aryl methyl sites for hydroxylation is 2. The van der Waals surface area contributed by atoms with Crippen LogP contribution in [0.4, 0.5) is 0 Å². The highest BCUT2D eigenvalue weighted by atomic mass is 16.5. The lowest BCUT2D eigenvalue weighted by Gasteiger charge is -2.16. The second-order valence-electron chi connectivity index (χ2n) is 7.11. The van der Waals surface area contributed by atoms with Crippen LogP contribution >= 0.6 is 0 Å². The summed E-state index contributed by atoms with van der Waals surface area (Å²) in [5, 5.41) is 0. The molecule has 0 bridgehead atoms. The third kappa shape index (κ3) is 3.33. The Morgan fingerprint density at radius 2 is 2.12 bits per heavy atom. The van der Waals surface area contributed by atoms with Crippen molar-refractivity contribution in [1.82, 2.24) is 14.9 Å². The van der Waals surface area contributed by atoms with Crippen molar-refractivity contribution >= 4 is 5.91 Å². The van der Waals surface area contributed by atoms with Crippen LogP contribution in [0.15, 0.2) is 24.4 Å². The maximum atomic E-state index is 12.1. The Hall–Kier alpha value is -2.14. The van der Waals surface area contributed by atoms with E-state index >= 15 is 0 Å². The predicted molar refractivity (Wildman–Crippen MR) is 96.5 cm³/mol. The Bertz CT molecular complexity index is 768. The van der Waals surface area contributed by atoms with E-state index < -0.39 is 0 Å². The first kappa shape index (κ1) is 16.3. The highest BCUT2D eigenvalue weighted by molar-refractivity contribution is 5.79. The number of benzene rings is 1. The second kappa shape index (κ2) is 7.00. The molecule has 2 aliphatic rings. The first-order chi connectivity index (χ1) is 12.2. The number of likely N-dealkylation sites (tertiary alicyclic amines) is 1. The van der Waals surface area contributed by atoms with Gasteiger partial charge in [0.05, 0.1) is 18.5 Å². The Kier molecular flexibility index (Phi) is 4.57. The van der Waals surface area contributed by atoms with Crippen LogP contribution in [-0.2, 0) is 22.4 Å². The van der Waals surface area contributed by atoms with E-state index in [4.69, 9.17) is 4.74 Å². The van der Waals surface area contributed by atoms with Crippen LogP contribution in [0, 0.1) is 0 Å². The van der Waals surface area contributed by atoms with Crippen LogP contribution in [-0.4, -0.2) is 47.6 Å². The van der Waals surface area contributed by atoms with Crippen molar-refractivity contribution in [3.05, 3.63) is 41.3 Å². The molecule has 1 aliphatic carbocycles. The number of rotatable bonds is 5. The van der Waals surface area contributed by atoms with Crippen LogP contribution < -0.4 is 0 Å². The lowest BCUT2D eigenvalue weighted by atomic mass is 9.90. The average molecular weight is 339 g/mol. The van der Waals surface area contributed by atoms with Gasteiger partial charge >= 0.3 is 0 Å². The number of ether oxygens (including phenoxy) is 1. The third-order valence-electron chi connectivity index (χ3n) is 5.42. The van der Waals surface area contributed by atoms with E-state index in [0.29, 0.717) is 19.6 Å². The molecule has 5 heteroatoms. The number of fused-ring (bicyclic) bond motifs is 1. The summed E-state index contributed by atoms with van der Waals surface area (Å²) in [5.41, 5.74) is 5.21. The van der Waals surface area contributed by atoms with Crippen LogP contribution in [0.3, 0.4) is 0 Å². The molecule has 0 spiro atoms. The summed E-state index contributed by atoms with van der Waals surface area (Å²) in [4.78, 5) is 22.0. The molecule has 132 valence electrons. The zero-order valence-electron chi connectivity index (χ0n) is 14.8. The minimum atomic E-state index is 0.149. The molecule has 4 rings (SSSR count). The summed E-state index contributed by atoms with van der Waals surface area (Å²) in [7, 11) is 1.66. The minimum Gasteiger partial charge on any atom is -0.383 e. The van der Waals surface area contributed by atoms with Crippen LogP contribution in [0.2, 0.25) is 0 Å². The average Bonchev–Trinajstić information content (AvgIpc) is 3.26. The van der Waals surface area contributed by atoms with Gasteiger partial charge in [-0.2, -0.15) is 0 Å². The van der Waals surface area contributed by atoms with Crippen molar-refractivity contribution in [3.63, 3.8) is 0 Å². The van der Waals surface area contributed by atoms with E-state index in [9.17, 15) is 4.79 Å². The zero-order valence-corrected chi connectivity index (χ0v) is 14.8. The summed E-state index contributed by atoms with van der Waals surface area (Å²) in [6, 6.07) is 6.75. The fourth-order valence-electron chi connectivity index (χ4n) is 3.96. The molecule has 0 unspecified atom stereocenters. The molecule has 2 aromatic rings. The van der Waals surface area contributed by atoms with E-state index in [-0.39, 0.29) is 11.8 Å². The number of nitrogens with one attached hydrogen (secondary N) is 1.